The summed E-state index contributed by atoms with van der Waals surface area (Å²) in [6.45, 7) is 7.69. The number of carboxylic acids is 1. The summed E-state index contributed by atoms with van der Waals surface area (Å²) < 4.78 is 27.4. The van der Waals surface area contributed by atoms with Crippen LogP contribution < -0.4 is 4.72 Å². The van der Waals surface area contributed by atoms with E-state index in [1.54, 1.807) is 20.8 Å². The first kappa shape index (κ1) is 17.6. The summed E-state index contributed by atoms with van der Waals surface area (Å²) in [5.74, 6) is -1.20. The number of carboxylic acid groups (broad SMARTS) is 1. The van der Waals surface area contributed by atoms with Crippen LogP contribution in [0.1, 0.15) is 43.6 Å². The molecule has 3 N–H and O–H groups in total. The number of carbonyl (C=O) groups is 1. The van der Waals surface area contributed by atoms with Crippen LogP contribution in [-0.4, -0.2) is 35.7 Å². The van der Waals surface area contributed by atoms with Crippen molar-refractivity contribution in [3.05, 3.63) is 29.3 Å². The van der Waals surface area contributed by atoms with Crippen LogP contribution in [0.3, 0.4) is 0 Å². The Morgan fingerprint density at radius 1 is 1.19 bits per heavy atom. The van der Waals surface area contributed by atoms with Crippen molar-refractivity contribution in [3.8, 4) is 0 Å². The largest absolute Gasteiger partial charge is 0.478 e. The summed E-state index contributed by atoms with van der Waals surface area (Å²) in [5.41, 5.74) is -2.10. The minimum atomic E-state index is -3.96. The minimum absolute atomic E-state index is 0.109. The number of sulfonamides is 1. The molecule has 0 heterocycles. The summed E-state index contributed by atoms with van der Waals surface area (Å²) in [4.78, 5) is 10.9. The quantitative estimate of drug-likeness (QED) is 0.764. The Bertz CT molecular complexity index is 656. The van der Waals surface area contributed by atoms with Crippen LogP contribution in [0.2, 0.25) is 0 Å². The van der Waals surface area contributed by atoms with E-state index < -0.39 is 27.1 Å². The number of benzene rings is 1. The van der Waals surface area contributed by atoms with Gasteiger partial charge in [0.25, 0.3) is 0 Å². The molecule has 0 aliphatic heterocycles. The second-order valence-electron chi connectivity index (χ2n) is 6.07. The molecule has 0 fully saturated rings. The highest BCUT2D eigenvalue weighted by atomic mass is 32.2. The molecule has 0 bridgehead atoms. The predicted octanol–water partition coefficient (Wildman–Crippen LogP) is 1.52. The molecule has 0 atom stereocenters. The molecule has 0 saturated carbocycles. The molecule has 0 radical (unpaired) electrons. The second-order valence-corrected chi connectivity index (χ2v) is 7.73. The van der Waals surface area contributed by atoms with E-state index in [4.69, 9.17) is 5.11 Å². The van der Waals surface area contributed by atoms with E-state index in [2.05, 4.69) is 4.72 Å². The van der Waals surface area contributed by atoms with Gasteiger partial charge in [0.05, 0.1) is 21.6 Å². The van der Waals surface area contributed by atoms with Gasteiger partial charge in [-0.25, -0.2) is 17.9 Å². The van der Waals surface area contributed by atoms with Gasteiger partial charge in [-0.15, -0.1) is 0 Å². The zero-order chi connectivity index (χ0) is 16.6. The number of rotatable bonds is 5. The van der Waals surface area contributed by atoms with Crippen molar-refractivity contribution in [2.24, 2.45) is 0 Å². The first-order valence-electron chi connectivity index (χ1n) is 6.38. The number of nitrogens with one attached hydrogen (secondary N) is 1. The average molecular weight is 315 g/mol. The minimum Gasteiger partial charge on any atom is -0.478 e. The van der Waals surface area contributed by atoms with Gasteiger partial charge in [-0.05, 0) is 52.3 Å². The number of aryl methyl sites for hydroxylation is 1. The normalized spacial score (nSPS) is 13.2. The molecule has 1 aromatic carbocycles. The highest BCUT2D eigenvalue weighted by Gasteiger charge is 2.39. The van der Waals surface area contributed by atoms with Crippen LogP contribution >= 0.6 is 0 Å². The lowest BCUT2D eigenvalue weighted by Crippen LogP contribution is -2.57. The molecule has 6 nitrogen and oxygen atoms in total. The highest BCUT2D eigenvalue weighted by Crippen LogP contribution is 2.25. The molecule has 0 unspecified atom stereocenters. The Labute approximate surface area is 124 Å². The van der Waals surface area contributed by atoms with Crippen molar-refractivity contribution < 1.29 is 23.4 Å². The highest BCUT2D eigenvalue weighted by molar-refractivity contribution is 7.89. The van der Waals surface area contributed by atoms with Gasteiger partial charge < -0.3 is 10.2 Å². The molecular weight excluding hydrogens is 294 g/mol. The van der Waals surface area contributed by atoms with E-state index in [-0.39, 0.29) is 10.5 Å². The van der Waals surface area contributed by atoms with Gasteiger partial charge in [0.2, 0.25) is 10.0 Å². The van der Waals surface area contributed by atoms with Crippen molar-refractivity contribution in [1.29, 1.82) is 0 Å². The van der Waals surface area contributed by atoms with Gasteiger partial charge in [0.15, 0.2) is 0 Å². The third kappa shape index (κ3) is 3.81. The number of aliphatic hydroxyl groups is 1. The lowest BCUT2D eigenvalue weighted by atomic mass is 9.87. The van der Waals surface area contributed by atoms with E-state index in [0.717, 1.165) is 6.07 Å². The van der Waals surface area contributed by atoms with Gasteiger partial charge in [0.1, 0.15) is 0 Å². The third-order valence-electron chi connectivity index (χ3n) is 3.64. The maximum atomic E-state index is 12.5. The van der Waals surface area contributed by atoms with Gasteiger partial charge >= 0.3 is 5.97 Å². The van der Waals surface area contributed by atoms with Crippen molar-refractivity contribution in [3.63, 3.8) is 0 Å². The van der Waals surface area contributed by atoms with Crippen molar-refractivity contribution in [2.75, 3.05) is 0 Å². The van der Waals surface area contributed by atoms with Crippen LogP contribution in [0.5, 0.6) is 0 Å². The van der Waals surface area contributed by atoms with Crippen molar-refractivity contribution >= 4 is 16.0 Å². The maximum Gasteiger partial charge on any atom is 0.335 e. The van der Waals surface area contributed by atoms with Gasteiger partial charge in [-0.1, -0.05) is 6.07 Å². The van der Waals surface area contributed by atoms with Gasteiger partial charge in [-0.3, -0.25) is 0 Å². The van der Waals surface area contributed by atoms with Crippen LogP contribution in [-0.2, 0) is 10.0 Å². The maximum absolute atomic E-state index is 12.5. The Morgan fingerprint density at radius 3 is 2.14 bits per heavy atom. The Kier molecular flexibility index (Phi) is 4.53. The zero-order valence-electron chi connectivity index (χ0n) is 12.8. The van der Waals surface area contributed by atoms with Crippen molar-refractivity contribution in [1.82, 2.24) is 4.72 Å². The fraction of sp³-hybridized carbons (Fsp3) is 0.500. The van der Waals surface area contributed by atoms with Crippen molar-refractivity contribution in [2.45, 2.75) is 50.7 Å². The fourth-order valence-electron chi connectivity index (χ4n) is 1.54. The third-order valence-corrected chi connectivity index (χ3v) is 5.44. The van der Waals surface area contributed by atoms with E-state index >= 15 is 0 Å². The summed E-state index contributed by atoms with van der Waals surface area (Å²) >= 11 is 0. The SMILES string of the molecule is Cc1ccc(C(=O)O)cc1S(=O)(=O)NC(C)(C)C(C)(C)O. The molecule has 0 aliphatic carbocycles. The molecular formula is C14H21NO5S. The predicted molar refractivity (Wildman–Crippen MR) is 78.8 cm³/mol. The van der Waals surface area contributed by atoms with E-state index in [1.807, 2.05) is 0 Å². The Balaban J connectivity index is 3.33. The number of hydrogen-bond acceptors (Lipinski definition) is 4. The first-order chi connectivity index (χ1) is 9.28. The molecule has 0 spiro atoms. The number of hydrogen-bond donors (Lipinski definition) is 3. The van der Waals surface area contributed by atoms with Crippen LogP contribution in [0.25, 0.3) is 0 Å². The Hall–Kier alpha value is -1.44. The molecule has 118 valence electrons. The summed E-state index contributed by atoms with van der Waals surface area (Å²) in [6.07, 6.45) is 0. The van der Waals surface area contributed by atoms with E-state index in [1.165, 1.54) is 26.0 Å². The summed E-state index contributed by atoms with van der Waals surface area (Å²) in [6, 6.07) is 3.90. The molecule has 1 rings (SSSR count). The smallest absolute Gasteiger partial charge is 0.335 e. The molecule has 1 aromatic rings. The van der Waals surface area contributed by atoms with Gasteiger partial charge in [0, 0.05) is 0 Å². The molecule has 0 saturated heterocycles. The standard InChI is InChI=1S/C14H21NO5S/c1-9-6-7-10(12(16)17)8-11(9)21(19,20)15-13(2,3)14(4,5)18/h6-8,15,18H,1-5H3,(H,16,17). The summed E-state index contributed by atoms with van der Waals surface area (Å²) in [5, 5.41) is 19.0. The second kappa shape index (κ2) is 5.40. The summed E-state index contributed by atoms with van der Waals surface area (Å²) in [7, 11) is -3.96. The molecule has 7 heteroatoms. The first-order valence-corrected chi connectivity index (χ1v) is 7.86. The molecule has 0 aromatic heterocycles. The van der Waals surface area contributed by atoms with Gasteiger partial charge in [-0.2, -0.15) is 0 Å². The monoisotopic (exact) mass is 315 g/mol. The van der Waals surface area contributed by atoms with Crippen LogP contribution in [0, 0.1) is 6.92 Å². The molecule has 0 aliphatic rings. The lowest BCUT2D eigenvalue weighted by molar-refractivity contribution is 0.00637. The van der Waals surface area contributed by atoms with E-state index in [0.29, 0.717) is 5.56 Å². The molecule has 21 heavy (non-hydrogen) atoms. The van der Waals surface area contributed by atoms with E-state index in [9.17, 15) is 18.3 Å². The van der Waals surface area contributed by atoms with Crippen LogP contribution in [0.4, 0.5) is 0 Å². The average Bonchev–Trinajstić information content (AvgIpc) is 2.25. The lowest BCUT2D eigenvalue weighted by Gasteiger charge is -2.37. The fourth-order valence-corrected chi connectivity index (χ4v) is 3.34. The topological polar surface area (TPSA) is 104 Å². The molecule has 0 amide bonds. The Morgan fingerprint density at radius 2 is 1.71 bits per heavy atom. The zero-order valence-corrected chi connectivity index (χ0v) is 13.6. The van der Waals surface area contributed by atoms with Crippen LogP contribution in [0.15, 0.2) is 23.1 Å². The number of aromatic carboxylic acids is 1.